The summed E-state index contributed by atoms with van der Waals surface area (Å²) in [4.78, 5) is 11.3. The van der Waals surface area contributed by atoms with Crippen molar-refractivity contribution < 1.29 is 14.0 Å². The van der Waals surface area contributed by atoms with E-state index >= 15 is 0 Å². The Balaban J connectivity index is 1.54. The normalized spacial score (nSPS) is 16.4. The Morgan fingerprint density at radius 1 is 1.18 bits per heavy atom. The molecule has 1 saturated heterocycles. The van der Waals surface area contributed by atoms with Gasteiger partial charge < -0.3 is 18.9 Å². The van der Waals surface area contributed by atoms with Gasteiger partial charge in [-0.05, 0) is 6.42 Å². The summed E-state index contributed by atoms with van der Waals surface area (Å²) in [6, 6.07) is 14.0. The van der Waals surface area contributed by atoms with Crippen molar-refractivity contribution in [3.63, 3.8) is 0 Å². The first-order chi connectivity index (χ1) is 13.7. The zero-order valence-corrected chi connectivity index (χ0v) is 16.2. The maximum absolute atomic E-state index is 5.54. The van der Waals surface area contributed by atoms with Crippen LogP contribution < -0.4 is 4.90 Å². The molecule has 0 N–H and O–H groups in total. The molecule has 0 spiro atoms. The minimum atomic E-state index is 0.306. The fourth-order valence-corrected chi connectivity index (χ4v) is 3.32. The summed E-state index contributed by atoms with van der Waals surface area (Å²) in [5, 5.41) is 4.19. The molecule has 0 bridgehead atoms. The van der Waals surface area contributed by atoms with Crippen LogP contribution in [0.25, 0.3) is 11.3 Å². The van der Waals surface area contributed by atoms with Crippen molar-refractivity contribution in [3.8, 4) is 11.3 Å². The van der Waals surface area contributed by atoms with Crippen LogP contribution in [0.4, 0.5) is 5.82 Å². The second-order valence-electron chi connectivity index (χ2n) is 6.96. The molecule has 2 aromatic heterocycles. The highest BCUT2D eigenvalue weighted by Gasteiger charge is 2.22. The summed E-state index contributed by atoms with van der Waals surface area (Å²) in [5.41, 5.74) is 2.87. The number of hydrogen-bond donors (Lipinski definition) is 0. The van der Waals surface area contributed by atoms with Crippen LogP contribution in [-0.2, 0) is 22.6 Å². The molecule has 7 nitrogen and oxygen atoms in total. The van der Waals surface area contributed by atoms with Gasteiger partial charge in [0.05, 0.1) is 18.8 Å². The quantitative estimate of drug-likeness (QED) is 0.622. The van der Waals surface area contributed by atoms with E-state index in [1.165, 1.54) is 0 Å². The monoisotopic (exact) mass is 380 g/mol. The van der Waals surface area contributed by atoms with Gasteiger partial charge in [0.1, 0.15) is 18.1 Å². The van der Waals surface area contributed by atoms with Crippen molar-refractivity contribution in [2.24, 2.45) is 0 Å². The van der Waals surface area contributed by atoms with E-state index in [0.717, 1.165) is 41.6 Å². The van der Waals surface area contributed by atoms with Gasteiger partial charge in [0.2, 0.25) is 0 Å². The molecule has 0 amide bonds. The lowest BCUT2D eigenvalue weighted by Crippen LogP contribution is -2.19. The lowest BCUT2D eigenvalue weighted by atomic mass is 10.0. The predicted octanol–water partition coefficient (Wildman–Crippen LogP) is 3.42. The Labute approximate surface area is 164 Å². The standard InChI is InChI=1S/C21H24N4O3/c1-25(12-17-10-19(24-28-17)15-6-4-3-5-7-15)21-11-18(16-8-9-27-13-16)22-20(23-21)14-26-2/h3-7,10-11,16H,8-9,12-14H2,1-2H3/t16-/m0/s1. The number of benzene rings is 1. The molecule has 7 heteroatoms. The van der Waals surface area contributed by atoms with Crippen LogP contribution in [0.5, 0.6) is 0 Å². The molecule has 0 radical (unpaired) electrons. The number of aromatic nitrogens is 3. The highest BCUT2D eigenvalue weighted by Crippen LogP contribution is 2.27. The van der Waals surface area contributed by atoms with E-state index < -0.39 is 0 Å². The molecule has 1 fully saturated rings. The third kappa shape index (κ3) is 4.21. The van der Waals surface area contributed by atoms with Crippen molar-refractivity contribution in [1.82, 2.24) is 15.1 Å². The molecule has 28 heavy (non-hydrogen) atoms. The van der Waals surface area contributed by atoms with Crippen molar-refractivity contribution in [2.45, 2.75) is 25.5 Å². The summed E-state index contributed by atoms with van der Waals surface area (Å²) in [5.74, 6) is 2.60. The molecular formula is C21H24N4O3. The van der Waals surface area contributed by atoms with Crippen LogP contribution in [0.15, 0.2) is 47.0 Å². The summed E-state index contributed by atoms with van der Waals surface area (Å²) in [6.07, 6.45) is 0.981. The van der Waals surface area contributed by atoms with Gasteiger partial charge in [-0.2, -0.15) is 0 Å². The van der Waals surface area contributed by atoms with Crippen LogP contribution in [0.1, 0.15) is 29.6 Å². The minimum absolute atomic E-state index is 0.306. The van der Waals surface area contributed by atoms with Crippen molar-refractivity contribution in [2.75, 3.05) is 32.3 Å². The smallest absolute Gasteiger partial charge is 0.156 e. The molecule has 0 unspecified atom stereocenters. The number of nitrogens with zero attached hydrogens (tertiary/aromatic N) is 4. The third-order valence-corrected chi connectivity index (χ3v) is 4.81. The number of ether oxygens (including phenoxy) is 2. The van der Waals surface area contributed by atoms with E-state index in [1.54, 1.807) is 7.11 Å². The Morgan fingerprint density at radius 3 is 2.79 bits per heavy atom. The van der Waals surface area contributed by atoms with Crippen molar-refractivity contribution in [1.29, 1.82) is 0 Å². The van der Waals surface area contributed by atoms with Gasteiger partial charge >= 0.3 is 0 Å². The number of methoxy groups -OCH3 is 1. The minimum Gasteiger partial charge on any atom is -0.381 e. The SMILES string of the molecule is COCc1nc([C@H]2CCOC2)cc(N(C)Cc2cc(-c3ccccc3)no2)n1. The van der Waals surface area contributed by atoms with Gasteiger partial charge in [-0.25, -0.2) is 9.97 Å². The van der Waals surface area contributed by atoms with Crippen molar-refractivity contribution >= 4 is 5.82 Å². The number of hydrogen-bond acceptors (Lipinski definition) is 7. The molecule has 1 aromatic carbocycles. The topological polar surface area (TPSA) is 73.5 Å². The van der Waals surface area contributed by atoms with Gasteiger partial charge in [-0.1, -0.05) is 35.5 Å². The van der Waals surface area contributed by atoms with Gasteiger partial charge in [-0.3, -0.25) is 0 Å². The number of anilines is 1. The molecule has 1 atom stereocenters. The molecule has 146 valence electrons. The van der Waals surface area contributed by atoms with Crippen LogP contribution in [-0.4, -0.2) is 42.5 Å². The fraction of sp³-hybridized carbons (Fsp3) is 0.381. The lowest BCUT2D eigenvalue weighted by Gasteiger charge is -2.19. The van der Waals surface area contributed by atoms with E-state index in [9.17, 15) is 0 Å². The van der Waals surface area contributed by atoms with Crippen LogP contribution in [0, 0.1) is 0 Å². The average molecular weight is 380 g/mol. The van der Waals surface area contributed by atoms with Gasteiger partial charge in [0.15, 0.2) is 11.6 Å². The highest BCUT2D eigenvalue weighted by molar-refractivity contribution is 5.58. The van der Waals surface area contributed by atoms with Gasteiger partial charge in [0.25, 0.3) is 0 Å². The summed E-state index contributed by atoms with van der Waals surface area (Å²) < 4.78 is 16.3. The largest absolute Gasteiger partial charge is 0.381 e. The second-order valence-corrected chi connectivity index (χ2v) is 6.96. The third-order valence-electron chi connectivity index (χ3n) is 4.81. The molecule has 0 aliphatic carbocycles. The molecule has 0 saturated carbocycles. The Hall–Kier alpha value is -2.77. The van der Waals surface area contributed by atoms with E-state index in [-0.39, 0.29) is 0 Å². The molecule has 3 heterocycles. The maximum atomic E-state index is 5.54. The maximum Gasteiger partial charge on any atom is 0.156 e. The highest BCUT2D eigenvalue weighted by atomic mass is 16.5. The molecule has 3 aromatic rings. The second kappa shape index (κ2) is 8.50. The fourth-order valence-electron chi connectivity index (χ4n) is 3.32. The molecule has 4 rings (SSSR count). The van der Waals surface area contributed by atoms with Gasteiger partial charge in [0, 0.05) is 44.4 Å². The summed E-state index contributed by atoms with van der Waals surface area (Å²) in [6.45, 7) is 2.42. The van der Waals surface area contributed by atoms with Crippen LogP contribution >= 0.6 is 0 Å². The molecule has 1 aliphatic rings. The van der Waals surface area contributed by atoms with E-state index in [2.05, 4.69) is 15.1 Å². The van der Waals surface area contributed by atoms with E-state index in [1.807, 2.05) is 54.4 Å². The first-order valence-corrected chi connectivity index (χ1v) is 9.39. The molecule has 1 aliphatic heterocycles. The summed E-state index contributed by atoms with van der Waals surface area (Å²) in [7, 11) is 3.64. The Morgan fingerprint density at radius 2 is 2.04 bits per heavy atom. The first kappa shape index (κ1) is 18.6. The number of rotatable bonds is 7. The van der Waals surface area contributed by atoms with E-state index in [4.69, 9.17) is 14.0 Å². The lowest BCUT2D eigenvalue weighted by molar-refractivity contribution is 0.177. The zero-order chi connectivity index (χ0) is 19.3. The average Bonchev–Trinajstić information content (AvgIpc) is 3.41. The van der Waals surface area contributed by atoms with Crippen molar-refractivity contribution in [3.05, 3.63) is 59.7 Å². The first-order valence-electron chi connectivity index (χ1n) is 9.39. The Kier molecular flexibility index (Phi) is 5.64. The predicted molar refractivity (Wildman–Crippen MR) is 105 cm³/mol. The van der Waals surface area contributed by atoms with Gasteiger partial charge in [-0.15, -0.1) is 0 Å². The van der Waals surface area contributed by atoms with E-state index in [0.29, 0.717) is 31.5 Å². The zero-order valence-electron chi connectivity index (χ0n) is 16.2. The Bertz CT molecular complexity index is 907. The van der Waals surface area contributed by atoms with Crippen LogP contribution in [0.2, 0.25) is 0 Å². The molecular weight excluding hydrogens is 356 g/mol. The summed E-state index contributed by atoms with van der Waals surface area (Å²) >= 11 is 0. The van der Waals surface area contributed by atoms with Crippen LogP contribution in [0.3, 0.4) is 0 Å².